The van der Waals surface area contributed by atoms with E-state index in [2.05, 4.69) is 10.9 Å². The molecule has 0 saturated carbocycles. The van der Waals surface area contributed by atoms with E-state index >= 15 is 0 Å². The normalized spacial score (nSPS) is 18.4. The van der Waals surface area contributed by atoms with Crippen molar-refractivity contribution in [1.29, 1.82) is 0 Å². The summed E-state index contributed by atoms with van der Waals surface area (Å²) in [5, 5.41) is 28.0. The number of ether oxygens (including phenoxy) is 2. The lowest BCUT2D eigenvalue weighted by Crippen LogP contribution is -2.56. The number of aliphatic hydroxyl groups is 3. The molecule has 5 N–H and O–H groups in total. The van der Waals surface area contributed by atoms with Crippen LogP contribution >= 0.6 is 0 Å². The Labute approximate surface area is 244 Å². The summed E-state index contributed by atoms with van der Waals surface area (Å²) in [7, 11) is -3.80. The quantitative estimate of drug-likeness (QED) is 0.129. The highest BCUT2D eigenvalue weighted by Gasteiger charge is 2.53. The second kappa shape index (κ2) is 14.4. The molecule has 42 heavy (non-hydrogen) atoms. The van der Waals surface area contributed by atoms with Crippen molar-refractivity contribution in [2.45, 2.75) is 35.4 Å². The topological polar surface area (TPSA) is 167 Å². The van der Waals surface area contributed by atoms with E-state index in [1.54, 1.807) is 66.7 Å². The molecule has 1 heterocycles. The summed E-state index contributed by atoms with van der Waals surface area (Å²) in [5.74, 6) is -0.384. The first kappa shape index (κ1) is 31.1. The van der Waals surface area contributed by atoms with Crippen molar-refractivity contribution in [2.75, 3.05) is 32.2 Å². The lowest BCUT2D eigenvalue weighted by Gasteiger charge is -2.31. The maximum absolute atomic E-state index is 14.0. The molecule has 0 aliphatic carbocycles. The third-order valence-corrected chi connectivity index (χ3v) is 8.55. The van der Waals surface area contributed by atoms with E-state index in [-0.39, 0.29) is 23.8 Å². The minimum absolute atomic E-state index is 0.0138. The fourth-order valence-electron chi connectivity index (χ4n) is 4.46. The van der Waals surface area contributed by atoms with Gasteiger partial charge in [0.05, 0.1) is 36.5 Å². The summed E-state index contributed by atoms with van der Waals surface area (Å²) >= 11 is 0. The Kier molecular flexibility index (Phi) is 10.7. The zero-order chi connectivity index (χ0) is 30.0. The lowest BCUT2D eigenvalue weighted by atomic mass is 9.85. The van der Waals surface area contributed by atoms with Crippen molar-refractivity contribution in [3.63, 3.8) is 0 Å². The smallest absolute Gasteiger partial charge is 0.266 e. The molecule has 1 amide bonds. The van der Waals surface area contributed by atoms with Gasteiger partial charge in [-0.15, -0.1) is 0 Å². The van der Waals surface area contributed by atoms with Crippen molar-refractivity contribution >= 4 is 21.6 Å². The number of benzene rings is 3. The maximum Gasteiger partial charge on any atom is 0.266 e. The van der Waals surface area contributed by atoms with Crippen LogP contribution in [0, 0.1) is 0 Å². The molecule has 1 aliphatic heterocycles. The number of nitrogens with one attached hydrogen (secondary N) is 2. The molecule has 12 heteroatoms. The van der Waals surface area contributed by atoms with Gasteiger partial charge in [0.1, 0.15) is 5.75 Å². The molecule has 224 valence electrons. The standard InChI is InChI=1S/C30H35N3O8S/c34-17-7-18-40-25-14-12-23(13-15-25)28-31-30(29(37)33-32-24(20-35)21-36,27(41-28)22-8-3-1-4-9-22)16-19-42(38,39)26-10-5-2-6-11-26/h1-6,8-15,24,27,32,34-36H,7,16-21H2,(H,33,37)/t27-,30-/m0/s1. The number of aliphatic imine (C=N–C) groups is 1. The van der Waals surface area contributed by atoms with E-state index in [1.807, 2.05) is 6.07 Å². The molecule has 0 saturated heterocycles. The molecule has 4 rings (SSSR count). The van der Waals surface area contributed by atoms with Crippen LogP contribution in [-0.4, -0.2) is 79.3 Å². The van der Waals surface area contributed by atoms with Crippen LogP contribution in [-0.2, 0) is 19.4 Å². The number of carbonyl (C=O) groups excluding carboxylic acids is 1. The molecule has 2 atom stereocenters. The number of hydrogen-bond acceptors (Lipinski definition) is 10. The SMILES string of the molecule is O=C(NNC(CO)CO)[C@@]1(CCS(=O)(=O)c2ccccc2)N=C(c2ccc(OCCCO)cc2)O[C@H]1c1ccccc1. The first-order chi connectivity index (χ1) is 20.3. The number of carbonyl (C=O) groups is 1. The molecule has 3 aromatic rings. The van der Waals surface area contributed by atoms with Crippen LogP contribution in [0.15, 0.2) is 94.8 Å². The average molecular weight is 598 g/mol. The largest absolute Gasteiger partial charge is 0.494 e. The van der Waals surface area contributed by atoms with Crippen LogP contribution in [0.5, 0.6) is 5.75 Å². The summed E-state index contributed by atoms with van der Waals surface area (Å²) in [6.45, 7) is -0.545. The van der Waals surface area contributed by atoms with Crippen LogP contribution in [0.1, 0.15) is 30.1 Å². The van der Waals surface area contributed by atoms with Crippen molar-refractivity contribution in [1.82, 2.24) is 10.9 Å². The summed E-state index contributed by atoms with van der Waals surface area (Å²) in [6.07, 6.45) is -0.739. The molecule has 0 aromatic heterocycles. The number of rotatable bonds is 15. The average Bonchev–Trinajstić information content (AvgIpc) is 3.43. The highest BCUT2D eigenvalue weighted by Crippen LogP contribution is 2.43. The molecule has 1 aliphatic rings. The van der Waals surface area contributed by atoms with Gasteiger partial charge in [-0.3, -0.25) is 10.2 Å². The first-order valence-electron chi connectivity index (χ1n) is 13.5. The summed E-state index contributed by atoms with van der Waals surface area (Å²) in [5.41, 5.74) is 4.53. The van der Waals surface area contributed by atoms with E-state index in [0.717, 1.165) is 0 Å². The first-order valence-corrected chi connectivity index (χ1v) is 15.2. The number of hydrazine groups is 1. The van der Waals surface area contributed by atoms with Crippen molar-refractivity contribution in [3.8, 4) is 5.75 Å². The van der Waals surface area contributed by atoms with Gasteiger partial charge < -0.3 is 24.8 Å². The minimum atomic E-state index is -3.80. The minimum Gasteiger partial charge on any atom is -0.494 e. The van der Waals surface area contributed by atoms with Gasteiger partial charge >= 0.3 is 0 Å². The summed E-state index contributed by atoms with van der Waals surface area (Å²) in [6, 6.07) is 22.9. The Hall–Kier alpha value is -3.81. The van der Waals surface area contributed by atoms with E-state index in [0.29, 0.717) is 29.9 Å². The van der Waals surface area contributed by atoms with E-state index in [4.69, 9.17) is 19.6 Å². The van der Waals surface area contributed by atoms with Crippen LogP contribution in [0.3, 0.4) is 0 Å². The third-order valence-electron chi connectivity index (χ3n) is 6.82. The van der Waals surface area contributed by atoms with E-state index in [1.165, 1.54) is 12.1 Å². The van der Waals surface area contributed by atoms with Gasteiger partial charge in [0.2, 0.25) is 5.90 Å². The molecular weight excluding hydrogens is 562 g/mol. The molecule has 0 radical (unpaired) electrons. The number of amides is 1. The molecular formula is C30H35N3O8S. The number of hydrogen-bond donors (Lipinski definition) is 5. The highest BCUT2D eigenvalue weighted by atomic mass is 32.2. The van der Waals surface area contributed by atoms with E-state index < -0.39 is 52.4 Å². The van der Waals surface area contributed by atoms with Gasteiger partial charge in [0.25, 0.3) is 5.91 Å². The Bertz CT molecular complexity index is 1430. The monoisotopic (exact) mass is 597 g/mol. The van der Waals surface area contributed by atoms with Crippen LogP contribution in [0.4, 0.5) is 0 Å². The van der Waals surface area contributed by atoms with Crippen LogP contribution in [0.2, 0.25) is 0 Å². The second-order valence-electron chi connectivity index (χ2n) is 9.74. The maximum atomic E-state index is 14.0. The Balaban J connectivity index is 1.74. The van der Waals surface area contributed by atoms with Gasteiger partial charge in [-0.25, -0.2) is 18.8 Å². The fraction of sp³-hybridized carbons (Fsp3) is 0.333. The Morgan fingerprint density at radius 2 is 1.60 bits per heavy atom. The van der Waals surface area contributed by atoms with Crippen molar-refractivity contribution < 1.29 is 38.0 Å². The van der Waals surface area contributed by atoms with Gasteiger partial charge in [-0.1, -0.05) is 48.5 Å². The predicted octanol–water partition coefficient (Wildman–Crippen LogP) is 1.54. The van der Waals surface area contributed by atoms with Crippen LogP contribution in [0.25, 0.3) is 0 Å². The van der Waals surface area contributed by atoms with Crippen molar-refractivity contribution in [3.05, 3.63) is 96.1 Å². The van der Waals surface area contributed by atoms with E-state index in [9.17, 15) is 23.4 Å². The van der Waals surface area contributed by atoms with Gasteiger partial charge in [-0.2, -0.15) is 0 Å². The van der Waals surface area contributed by atoms with Crippen LogP contribution < -0.4 is 15.6 Å². The Morgan fingerprint density at radius 1 is 0.952 bits per heavy atom. The Morgan fingerprint density at radius 3 is 2.21 bits per heavy atom. The molecule has 0 unspecified atom stereocenters. The molecule has 0 fully saturated rings. The third kappa shape index (κ3) is 7.33. The molecule has 0 bridgehead atoms. The van der Waals surface area contributed by atoms with Crippen molar-refractivity contribution in [2.24, 2.45) is 4.99 Å². The predicted molar refractivity (Wildman–Crippen MR) is 156 cm³/mol. The highest BCUT2D eigenvalue weighted by molar-refractivity contribution is 7.91. The summed E-state index contributed by atoms with van der Waals surface area (Å²) < 4.78 is 38.6. The zero-order valence-corrected chi connectivity index (χ0v) is 23.7. The molecule has 11 nitrogen and oxygen atoms in total. The number of aliphatic hydroxyl groups excluding tert-OH is 3. The molecule has 0 spiro atoms. The summed E-state index contributed by atoms with van der Waals surface area (Å²) in [4.78, 5) is 18.8. The fourth-order valence-corrected chi connectivity index (χ4v) is 5.85. The lowest BCUT2D eigenvalue weighted by molar-refractivity contribution is -0.130. The number of sulfone groups is 1. The van der Waals surface area contributed by atoms with Gasteiger partial charge in [0.15, 0.2) is 21.5 Å². The van der Waals surface area contributed by atoms with Gasteiger partial charge in [-0.05, 0) is 42.0 Å². The zero-order valence-electron chi connectivity index (χ0n) is 22.9. The molecule has 3 aromatic carbocycles. The number of nitrogens with zero attached hydrogens (tertiary/aromatic N) is 1. The van der Waals surface area contributed by atoms with Gasteiger partial charge in [0, 0.05) is 25.0 Å². The second-order valence-corrected chi connectivity index (χ2v) is 11.9.